The molecule has 1 heterocycles. The number of likely N-dealkylation sites (tertiary alicyclic amines) is 1. The van der Waals surface area contributed by atoms with Gasteiger partial charge in [0, 0.05) is 23.4 Å². The average molecular weight is 421 g/mol. The van der Waals surface area contributed by atoms with Crippen molar-refractivity contribution in [1.29, 1.82) is 5.26 Å². The number of hydrogen-bond donors (Lipinski definition) is 2. The molecule has 0 unspecified atom stereocenters. The second-order valence-corrected chi connectivity index (χ2v) is 9.81. The van der Waals surface area contributed by atoms with Crippen LogP contribution in [0.25, 0.3) is 0 Å². The topological polar surface area (TPSA) is 85.2 Å². The summed E-state index contributed by atoms with van der Waals surface area (Å²) < 4.78 is 13.6. The van der Waals surface area contributed by atoms with Gasteiger partial charge in [-0.15, -0.1) is 0 Å². The van der Waals surface area contributed by atoms with Crippen LogP contribution in [0.4, 0.5) is 4.39 Å². The maximum atomic E-state index is 13.6. The molecule has 2 bridgehead atoms. The summed E-state index contributed by atoms with van der Waals surface area (Å²) in [5.41, 5.74) is -0.365. The Morgan fingerprint density at radius 2 is 1.87 bits per heavy atom. The van der Waals surface area contributed by atoms with Gasteiger partial charge in [-0.25, -0.2) is 4.39 Å². The smallest absolute Gasteiger partial charge is 0.237 e. The summed E-state index contributed by atoms with van der Waals surface area (Å²) in [4.78, 5) is 26.9. The zero-order chi connectivity index (χ0) is 21.8. The fourth-order valence-electron chi connectivity index (χ4n) is 5.49. The highest BCUT2D eigenvalue weighted by Crippen LogP contribution is 2.52. The summed E-state index contributed by atoms with van der Waals surface area (Å²) in [5.74, 6) is 0.0101. The lowest BCUT2D eigenvalue weighted by molar-refractivity contribution is -0.140. The fourth-order valence-corrected chi connectivity index (χ4v) is 5.49. The van der Waals surface area contributed by atoms with E-state index in [1.54, 1.807) is 0 Å². The minimum atomic E-state index is -1.11. The molecule has 168 valence electrons. The number of nitrogens with one attached hydrogen (secondary N) is 2. The van der Waals surface area contributed by atoms with E-state index >= 15 is 0 Å². The lowest BCUT2D eigenvalue weighted by atomic mass is 9.57. The van der Waals surface area contributed by atoms with Crippen molar-refractivity contribution in [2.45, 2.75) is 108 Å². The van der Waals surface area contributed by atoms with E-state index in [9.17, 15) is 14.0 Å². The molecular weight excluding hydrogens is 383 g/mol. The first kappa shape index (κ1) is 23.0. The standard InChI is InChI=1S/C23H37FN4O2/c1-3-4-5-6-17(2)27-21(30)22-7-10-23(11-8-22,12-9-22)26-15-20(29)28-16-18(24)13-19(28)14-25/h17-19,26H,3-13,15-16H2,1-2H3,(H,27,30)/t17-,18-,19-,22?,23?/m0/s1. The van der Waals surface area contributed by atoms with Gasteiger partial charge in [-0.3, -0.25) is 9.59 Å². The van der Waals surface area contributed by atoms with Crippen molar-refractivity contribution in [3.05, 3.63) is 0 Å². The molecule has 3 atom stereocenters. The first-order chi connectivity index (χ1) is 14.3. The Bertz CT molecular complexity index is 652. The van der Waals surface area contributed by atoms with Crippen LogP contribution >= 0.6 is 0 Å². The molecule has 3 saturated carbocycles. The number of halogens is 1. The van der Waals surface area contributed by atoms with Crippen LogP contribution in [0.3, 0.4) is 0 Å². The summed E-state index contributed by atoms with van der Waals surface area (Å²) in [5, 5.41) is 15.8. The number of rotatable bonds is 9. The predicted molar refractivity (Wildman–Crippen MR) is 113 cm³/mol. The molecule has 2 amide bonds. The molecule has 0 aromatic carbocycles. The summed E-state index contributed by atoms with van der Waals surface area (Å²) in [6.07, 6.45) is 8.76. The van der Waals surface area contributed by atoms with Gasteiger partial charge >= 0.3 is 0 Å². The molecule has 1 aliphatic heterocycles. The van der Waals surface area contributed by atoms with Gasteiger partial charge in [0.05, 0.1) is 19.2 Å². The van der Waals surface area contributed by atoms with E-state index in [1.807, 2.05) is 6.07 Å². The van der Waals surface area contributed by atoms with Crippen LogP contribution in [0.15, 0.2) is 0 Å². The van der Waals surface area contributed by atoms with Crippen molar-refractivity contribution < 1.29 is 14.0 Å². The highest BCUT2D eigenvalue weighted by atomic mass is 19.1. The quantitative estimate of drug-likeness (QED) is 0.561. The van der Waals surface area contributed by atoms with Gasteiger partial charge in [-0.2, -0.15) is 5.26 Å². The number of alkyl halides is 1. The van der Waals surface area contributed by atoms with Crippen LogP contribution in [-0.4, -0.2) is 53.6 Å². The number of amides is 2. The third kappa shape index (κ3) is 4.96. The zero-order valence-electron chi connectivity index (χ0n) is 18.5. The van der Waals surface area contributed by atoms with Crippen molar-refractivity contribution >= 4 is 11.8 Å². The van der Waals surface area contributed by atoms with Gasteiger partial charge in [-0.05, 0) is 51.9 Å². The predicted octanol–water partition coefficient (Wildman–Crippen LogP) is 3.22. The van der Waals surface area contributed by atoms with Gasteiger partial charge in [0.25, 0.3) is 0 Å². The normalized spacial score (nSPS) is 33.9. The number of carbonyl (C=O) groups is 2. The second-order valence-electron chi connectivity index (χ2n) is 9.81. The minimum absolute atomic E-state index is 0.0193. The second kappa shape index (κ2) is 9.64. The van der Waals surface area contributed by atoms with Gasteiger partial charge in [0.2, 0.25) is 11.8 Å². The number of carbonyl (C=O) groups excluding carboxylic acids is 2. The molecule has 6 nitrogen and oxygen atoms in total. The van der Waals surface area contributed by atoms with Crippen LogP contribution in [0.1, 0.15) is 84.5 Å². The minimum Gasteiger partial charge on any atom is -0.353 e. The monoisotopic (exact) mass is 420 g/mol. The van der Waals surface area contributed by atoms with E-state index in [0.717, 1.165) is 51.4 Å². The average Bonchev–Trinajstić information content (AvgIpc) is 3.14. The Labute approximate surface area is 179 Å². The Kier molecular flexibility index (Phi) is 7.38. The van der Waals surface area contributed by atoms with E-state index in [1.165, 1.54) is 17.7 Å². The summed E-state index contributed by atoms with van der Waals surface area (Å²) >= 11 is 0. The maximum absolute atomic E-state index is 13.6. The molecular formula is C23H37FN4O2. The Morgan fingerprint density at radius 1 is 1.20 bits per heavy atom. The Balaban J connectivity index is 1.48. The molecule has 7 heteroatoms. The lowest BCUT2D eigenvalue weighted by Crippen LogP contribution is -2.60. The SMILES string of the molecule is CCCCC[C@H](C)NC(=O)C12CCC(NCC(=O)N3C[C@@H](F)C[C@H]3C#N)(CC1)CC2. The van der Waals surface area contributed by atoms with Crippen molar-refractivity contribution in [1.82, 2.24) is 15.5 Å². The fraction of sp³-hybridized carbons (Fsp3) is 0.870. The number of hydrogen-bond acceptors (Lipinski definition) is 4. The van der Waals surface area contributed by atoms with E-state index in [2.05, 4.69) is 24.5 Å². The van der Waals surface area contributed by atoms with Crippen molar-refractivity contribution in [2.75, 3.05) is 13.1 Å². The largest absolute Gasteiger partial charge is 0.353 e. The van der Waals surface area contributed by atoms with Crippen molar-refractivity contribution in [2.24, 2.45) is 5.41 Å². The molecule has 0 spiro atoms. The number of nitriles is 1. The number of nitrogens with zero attached hydrogens (tertiary/aromatic N) is 2. The van der Waals surface area contributed by atoms with Crippen molar-refractivity contribution in [3.8, 4) is 6.07 Å². The first-order valence-electron chi connectivity index (χ1n) is 11.7. The molecule has 4 fully saturated rings. The molecule has 4 aliphatic rings. The van der Waals surface area contributed by atoms with E-state index in [-0.39, 0.29) is 48.3 Å². The molecule has 30 heavy (non-hydrogen) atoms. The van der Waals surface area contributed by atoms with Crippen LogP contribution in [0.2, 0.25) is 0 Å². The van der Waals surface area contributed by atoms with Gasteiger partial charge in [0.15, 0.2) is 0 Å². The van der Waals surface area contributed by atoms with Gasteiger partial charge < -0.3 is 15.5 Å². The first-order valence-corrected chi connectivity index (χ1v) is 11.7. The lowest BCUT2D eigenvalue weighted by Gasteiger charge is -2.53. The third-order valence-corrected chi connectivity index (χ3v) is 7.68. The molecule has 0 aromatic rings. The van der Waals surface area contributed by atoms with Gasteiger partial charge in [-0.1, -0.05) is 26.2 Å². The molecule has 1 saturated heterocycles. The van der Waals surface area contributed by atoms with Crippen LogP contribution < -0.4 is 10.6 Å². The van der Waals surface area contributed by atoms with Crippen LogP contribution in [0.5, 0.6) is 0 Å². The highest BCUT2D eigenvalue weighted by Gasteiger charge is 2.52. The van der Waals surface area contributed by atoms with E-state index in [0.29, 0.717) is 0 Å². The van der Waals surface area contributed by atoms with Crippen molar-refractivity contribution in [3.63, 3.8) is 0 Å². The third-order valence-electron chi connectivity index (χ3n) is 7.68. The maximum Gasteiger partial charge on any atom is 0.237 e. The van der Waals surface area contributed by atoms with Crippen LogP contribution in [0, 0.1) is 16.7 Å². The van der Waals surface area contributed by atoms with E-state index in [4.69, 9.17) is 5.26 Å². The summed E-state index contributed by atoms with van der Waals surface area (Å²) in [6, 6.07) is 1.60. The molecule has 4 rings (SSSR count). The number of fused-ring (bicyclic) bond motifs is 3. The molecule has 0 aromatic heterocycles. The number of unbranched alkanes of at least 4 members (excludes halogenated alkanes) is 2. The highest BCUT2D eigenvalue weighted by molar-refractivity contribution is 5.83. The van der Waals surface area contributed by atoms with Gasteiger partial charge in [0.1, 0.15) is 12.2 Å². The zero-order valence-corrected chi connectivity index (χ0v) is 18.5. The molecule has 2 N–H and O–H groups in total. The Morgan fingerprint density at radius 3 is 2.47 bits per heavy atom. The molecule has 3 aliphatic carbocycles. The Hall–Kier alpha value is -1.68. The summed E-state index contributed by atoms with van der Waals surface area (Å²) in [6.45, 7) is 4.44. The van der Waals surface area contributed by atoms with E-state index < -0.39 is 12.2 Å². The van der Waals surface area contributed by atoms with Crippen LogP contribution in [-0.2, 0) is 9.59 Å². The summed E-state index contributed by atoms with van der Waals surface area (Å²) in [7, 11) is 0. The molecule has 0 radical (unpaired) electrons.